The summed E-state index contributed by atoms with van der Waals surface area (Å²) >= 11 is 0. The second-order valence-electron chi connectivity index (χ2n) is 3.41. The molecule has 0 spiro atoms. The molecule has 0 saturated heterocycles. The fraction of sp³-hybridized carbons (Fsp3) is 0.0769. The lowest BCUT2D eigenvalue weighted by molar-refractivity contribution is 0.565. The van der Waals surface area contributed by atoms with Crippen LogP contribution in [0.3, 0.4) is 0 Å². The minimum atomic E-state index is 0.603. The van der Waals surface area contributed by atoms with Crippen LogP contribution in [0.25, 0.3) is 11.3 Å². The first-order valence-electron chi connectivity index (χ1n) is 4.91. The number of isocyanates is 1. The fourth-order valence-corrected chi connectivity index (χ4v) is 1.46. The summed E-state index contributed by atoms with van der Waals surface area (Å²) in [6, 6.07) is 13.2. The quantitative estimate of drug-likeness (QED) is 0.564. The maximum atomic E-state index is 10.1. The highest BCUT2D eigenvalue weighted by Crippen LogP contribution is 2.20. The van der Waals surface area contributed by atoms with Crippen LogP contribution < -0.4 is 0 Å². The Bertz CT molecular complexity index is 540. The van der Waals surface area contributed by atoms with Crippen LogP contribution in [-0.2, 0) is 4.79 Å². The number of pyridine rings is 1. The highest BCUT2D eigenvalue weighted by Gasteiger charge is 1.98. The molecule has 2 rings (SSSR count). The van der Waals surface area contributed by atoms with Crippen molar-refractivity contribution >= 4 is 11.8 Å². The van der Waals surface area contributed by atoms with E-state index in [9.17, 15) is 4.79 Å². The Hall–Kier alpha value is -2.25. The molecule has 0 saturated carbocycles. The molecule has 0 aliphatic heterocycles. The maximum absolute atomic E-state index is 10.1. The van der Waals surface area contributed by atoms with Gasteiger partial charge in [0.15, 0.2) is 0 Å². The van der Waals surface area contributed by atoms with E-state index >= 15 is 0 Å². The van der Waals surface area contributed by atoms with E-state index < -0.39 is 0 Å². The number of hydrogen-bond donors (Lipinski definition) is 0. The Morgan fingerprint density at radius 1 is 1.12 bits per heavy atom. The number of carbonyl (C=O) groups excluding carboxylic acids is 1. The average molecular weight is 210 g/mol. The van der Waals surface area contributed by atoms with Crippen molar-refractivity contribution in [3.63, 3.8) is 0 Å². The zero-order valence-electron chi connectivity index (χ0n) is 8.84. The highest BCUT2D eigenvalue weighted by atomic mass is 16.1. The normalized spacial score (nSPS) is 9.56. The van der Waals surface area contributed by atoms with Gasteiger partial charge in [0.25, 0.3) is 0 Å². The van der Waals surface area contributed by atoms with E-state index in [-0.39, 0.29) is 0 Å². The van der Waals surface area contributed by atoms with Crippen molar-refractivity contribution in [2.24, 2.45) is 4.99 Å². The van der Waals surface area contributed by atoms with Gasteiger partial charge in [0.2, 0.25) is 6.08 Å². The van der Waals surface area contributed by atoms with Gasteiger partial charge in [0.1, 0.15) is 0 Å². The van der Waals surface area contributed by atoms with Crippen LogP contribution in [0, 0.1) is 6.92 Å². The zero-order valence-corrected chi connectivity index (χ0v) is 8.84. The van der Waals surface area contributed by atoms with Gasteiger partial charge >= 0.3 is 0 Å². The van der Waals surface area contributed by atoms with Crippen molar-refractivity contribution in [3.8, 4) is 11.3 Å². The van der Waals surface area contributed by atoms with Crippen LogP contribution in [-0.4, -0.2) is 11.1 Å². The van der Waals surface area contributed by atoms with Gasteiger partial charge in [-0.15, -0.1) is 0 Å². The van der Waals surface area contributed by atoms with E-state index in [2.05, 4.69) is 9.98 Å². The maximum Gasteiger partial charge on any atom is 0.240 e. The zero-order chi connectivity index (χ0) is 11.4. The topological polar surface area (TPSA) is 42.3 Å². The van der Waals surface area contributed by atoms with Gasteiger partial charge in [0.05, 0.1) is 11.4 Å². The number of aromatic nitrogens is 1. The second kappa shape index (κ2) is 4.51. The summed E-state index contributed by atoms with van der Waals surface area (Å²) in [5.74, 6) is 0. The van der Waals surface area contributed by atoms with Crippen LogP contribution in [0.4, 0.5) is 5.69 Å². The van der Waals surface area contributed by atoms with Crippen molar-refractivity contribution in [1.29, 1.82) is 0 Å². The van der Waals surface area contributed by atoms with Crippen molar-refractivity contribution in [1.82, 2.24) is 4.98 Å². The minimum Gasteiger partial charge on any atom is -0.253 e. The Morgan fingerprint density at radius 2 is 1.88 bits per heavy atom. The SMILES string of the molecule is Cc1cccc(-c2ccc(N=C=O)cc2)n1. The van der Waals surface area contributed by atoms with Crippen LogP contribution in [0.15, 0.2) is 47.5 Å². The molecule has 0 fully saturated rings. The molecular weight excluding hydrogens is 200 g/mol. The first kappa shape index (κ1) is 10.3. The lowest BCUT2D eigenvalue weighted by atomic mass is 10.1. The fourth-order valence-electron chi connectivity index (χ4n) is 1.46. The van der Waals surface area contributed by atoms with E-state index in [4.69, 9.17) is 0 Å². The first-order valence-corrected chi connectivity index (χ1v) is 4.91. The number of rotatable bonds is 2. The summed E-state index contributed by atoms with van der Waals surface area (Å²) in [5, 5.41) is 0. The van der Waals surface area contributed by atoms with Crippen molar-refractivity contribution in [3.05, 3.63) is 48.2 Å². The van der Waals surface area contributed by atoms with Crippen LogP contribution >= 0.6 is 0 Å². The van der Waals surface area contributed by atoms with E-state index in [1.54, 1.807) is 12.1 Å². The molecule has 16 heavy (non-hydrogen) atoms. The van der Waals surface area contributed by atoms with E-state index in [0.717, 1.165) is 17.0 Å². The van der Waals surface area contributed by atoms with Gasteiger partial charge in [-0.2, -0.15) is 4.99 Å². The molecule has 3 heteroatoms. The molecule has 0 atom stereocenters. The van der Waals surface area contributed by atoms with Gasteiger partial charge in [-0.25, -0.2) is 4.79 Å². The molecule has 0 aliphatic rings. The number of hydrogen-bond acceptors (Lipinski definition) is 3. The number of aliphatic imine (C=N–C) groups is 1. The summed E-state index contributed by atoms with van der Waals surface area (Å²) in [6.07, 6.45) is 1.51. The van der Waals surface area contributed by atoms with Crippen molar-refractivity contribution < 1.29 is 4.79 Å². The van der Waals surface area contributed by atoms with Gasteiger partial charge in [-0.05, 0) is 31.2 Å². The standard InChI is InChI=1S/C13H10N2O/c1-10-3-2-4-13(15-10)11-5-7-12(8-6-11)14-9-16/h2-8H,1H3. The molecule has 0 amide bonds. The number of nitrogens with zero attached hydrogens (tertiary/aromatic N) is 2. The predicted octanol–water partition coefficient (Wildman–Crippen LogP) is 3.02. The molecule has 1 heterocycles. The monoisotopic (exact) mass is 210 g/mol. The average Bonchev–Trinajstić information content (AvgIpc) is 2.30. The number of benzene rings is 1. The summed E-state index contributed by atoms with van der Waals surface area (Å²) < 4.78 is 0. The van der Waals surface area contributed by atoms with E-state index in [1.165, 1.54) is 6.08 Å². The second-order valence-corrected chi connectivity index (χ2v) is 3.41. The Kier molecular flexibility index (Phi) is 2.90. The lowest BCUT2D eigenvalue weighted by Crippen LogP contribution is -1.85. The molecule has 2 aromatic rings. The molecular formula is C13H10N2O. The molecule has 0 bridgehead atoms. The minimum absolute atomic E-state index is 0.603. The molecule has 1 aromatic carbocycles. The largest absolute Gasteiger partial charge is 0.253 e. The Labute approximate surface area is 93.5 Å². The lowest BCUT2D eigenvalue weighted by Gasteiger charge is -2.01. The van der Waals surface area contributed by atoms with E-state index in [1.807, 2.05) is 37.3 Å². The summed E-state index contributed by atoms with van der Waals surface area (Å²) in [4.78, 5) is 18.0. The van der Waals surface area contributed by atoms with Crippen LogP contribution in [0.2, 0.25) is 0 Å². The third-order valence-corrected chi connectivity index (χ3v) is 2.23. The molecule has 0 unspecified atom stereocenters. The third-order valence-electron chi connectivity index (χ3n) is 2.23. The molecule has 1 aromatic heterocycles. The molecule has 78 valence electrons. The highest BCUT2D eigenvalue weighted by molar-refractivity contribution is 5.62. The molecule has 3 nitrogen and oxygen atoms in total. The smallest absolute Gasteiger partial charge is 0.240 e. The molecule has 0 aliphatic carbocycles. The van der Waals surface area contributed by atoms with Crippen LogP contribution in [0.5, 0.6) is 0 Å². The Morgan fingerprint density at radius 3 is 2.50 bits per heavy atom. The summed E-state index contributed by atoms with van der Waals surface area (Å²) in [6.45, 7) is 1.95. The van der Waals surface area contributed by atoms with Crippen molar-refractivity contribution in [2.75, 3.05) is 0 Å². The van der Waals surface area contributed by atoms with E-state index in [0.29, 0.717) is 5.69 Å². The Balaban J connectivity index is 2.38. The van der Waals surface area contributed by atoms with Crippen LogP contribution in [0.1, 0.15) is 5.69 Å². The summed E-state index contributed by atoms with van der Waals surface area (Å²) in [7, 11) is 0. The molecule has 0 N–H and O–H groups in total. The molecule has 0 radical (unpaired) electrons. The van der Waals surface area contributed by atoms with Gasteiger partial charge in [-0.3, -0.25) is 4.98 Å². The van der Waals surface area contributed by atoms with Crippen molar-refractivity contribution in [2.45, 2.75) is 6.92 Å². The summed E-state index contributed by atoms with van der Waals surface area (Å²) in [5.41, 5.74) is 3.51. The van der Waals surface area contributed by atoms with Gasteiger partial charge < -0.3 is 0 Å². The third kappa shape index (κ3) is 2.22. The van der Waals surface area contributed by atoms with Gasteiger partial charge in [-0.1, -0.05) is 18.2 Å². The predicted molar refractivity (Wildman–Crippen MR) is 62.2 cm³/mol. The first-order chi connectivity index (χ1) is 7.79. The number of aryl methyl sites for hydroxylation is 1. The van der Waals surface area contributed by atoms with Gasteiger partial charge in [0, 0.05) is 11.3 Å².